The average molecular weight is 583 g/mol. The third-order valence-electron chi connectivity index (χ3n) is 9.70. The van der Waals surface area contributed by atoms with Crippen molar-refractivity contribution >= 4 is 23.6 Å². The number of hydrogen-bond acceptors (Lipinski definition) is 0. The SMILES string of the molecule is CCc1cc(CC)cc([Si](c2cc(CC)cc(CC)c2)(c2cc(CC)cc(CC)c2)C2C=CC=C2Cc2ccccc2)c1. The van der Waals surface area contributed by atoms with E-state index >= 15 is 0 Å². The van der Waals surface area contributed by atoms with E-state index in [2.05, 4.69) is 145 Å². The first-order valence-electron chi connectivity index (χ1n) is 16.8. The van der Waals surface area contributed by atoms with E-state index in [-0.39, 0.29) is 0 Å². The average Bonchev–Trinajstić information content (AvgIpc) is 3.52. The molecule has 1 aliphatic rings. The summed E-state index contributed by atoms with van der Waals surface area (Å²) >= 11 is 0. The van der Waals surface area contributed by atoms with Crippen LogP contribution >= 0.6 is 0 Å². The van der Waals surface area contributed by atoms with Crippen LogP contribution in [0.15, 0.2) is 109 Å². The van der Waals surface area contributed by atoms with Crippen LogP contribution in [0.2, 0.25) is 5.54 Å². The molecule has 0 N–H and O–H groups in total. The Hall–Kier alpha value is -3.42. The summed E-state index contributed by atoms with van der Waals surface area (Å²) in [5.41, 5.74) is 12.1. The van der Waals surface area contributed by atoms with Crippen molar-refractivity contribution in [1.29, 1.82) is 0 Å². The lowest BCUT2D eigenvalue weighted by Gasteiger charge is -2.41. The highest BCUT2D eigenvalue weighted by Gasteiger charge is 2.48. The maximum atomic E-state index is 2.60. The summed E-state index contributed by atoms with van der Waals surface area (Å²) < 4.78 is 0. The van der Waals surface area contributed by atoms with Crippen molar-refractivity contribution in [3.05, 3.63) is 148 Å². The fourth-order valence-corrected chi connectivity index (χ4v) is 12.9. The van der Waals surface area contributed by atoms with Crippen LogP contribution in [0.25, 0.3) is 0 Å². The van der Waals surface area contributed by atoms with Gasteiger partial charge in [-0.25, -0.2) is 0 Å². The zero-order chi connectivity index (χ0) is 30.4. The molecule has 0 amide bonds. The van der Waals surface area contributed by atoms with Crippen LogP contribution in [0, 0.1) is 0 Å². The van der Waals surface area contributed by atoms with Crippen LogP contribution in [0.1, 0.15) is 80.5 Å². The van der Waals surface area contributed by atoms with Gasteiger partial charge in [-0.05, 0) is 99.5 Å². The van der Waals surface area contributed by atoms with E-state index in [0.29, 0.717) is 5.54 Å². The summed E-state index contributed by atoms with van der Waals surface area (Å²) in [5.74, 6) is 0. The van der Waals surface area contributed by atoms with Crippen LogP contribution < -0.4 is 15.6 Å². The van der Waals surface area contributed by atoms with Gasteiger partial charge in [0.1, 0.15) is 0 Å². The van der Waals surface area contributed by atoms with Crippen LogP contribution in [0.4, 0.5) is 0 Å². The molecule has 0 aromatic heterocycles. The lowest BCUT2D eigenvalue weighted by atomic mass is 10.0. The second-order valence-electron chi connectivity index (χ2n) is 12.3. The van der Waals surface area contributed by atoms with E-state index in [9.17, 15) is 0 Å². The predicted molar refractivity (Wildman–Crippen MR) is 191 cm³/mol. The fraction of sp³-hybridized carbons (Fsp3) is 0.333. The van der Waals surface area contributed by atoms with Gasteiger partial charge >= 0.3 is 0 Å². The Morgan fingerprint density at radius 2 is 0.837 bits per heavy atom. The van der Waals surface area contributed by atoms with Crippen molar-refractivity contribution in [2.45, 2.75) is 92.0 Å². The molecule has 0 saturated heterocycles. The first-order chi connectivity index (χ1) is 21.0. The Morgan fingerprint density at radius 3 is 1.19 bits per heavy atom. The molecule has 1 aliphatic carbocycles. The molecule has 1 unspecified atom stereocenters. The molecule has 0 fully saturated rings. The van der Waals surface area contributed by atoms with Crippen LogP contribution in [-0.2, 0) is 44.9 Å². The third-order valence-corrected chi connectivity index (χ3v) is 14.8. The smallest absolute Gasteiger partial charge is 0.0790 e. The Bertz CT molecular complexity index is 1400. The molecule has 4 aromatic rings. The standard InChI is InChI=1S/C42H50Si/c1-7-31-21-32(8-2)26-39(25-31)43(40-27-33(9-3)22-34(10-4)28-40,41-29-35(11-5)23-36(12-6)30-41)42-20-16-19-38(42)24-37-17-14-13-15-18-37/h13-23,25-30,42H,7-12,24H2,1-6H3. The van der Waals surface area contributed by atoms with Crippen molar-refractivity contribution < 1.29 is 0 Å². The molecule has 4 aromatic carbocycles. The highest BCUT2D eigenvalue weighted by molar-refractivity contribution is 7.13. The minimum Gasteiger partial charge on any atom is -0.0790 e. The number of aryl methyl sites for hydroxylation is 6. The second-order valence-corrected chi connectivity index (χ2v) is 16.3. The molecule has 0 aliphatic heterocycles. The number of allylic oxidation sites excluding steroid dienone is 4. The van der Waals surface area contributed by atoms with Crippen LogP contribution in [0.3, 0.4) is 0 Å². The van der Waals surface area contributed by atoms with Crippen LogP contribution in [-0.4, -0.2) is 8.07 Å². The molecule has 0 heterocycles. The summed E-state index contributed by atoms with van der Waals surface area (Å²) in [6.45, 7) is 13.9. The van der Waals surface area contributed by atoms with E-state index < -0.39 is 8.07 Å². The van der Waals surface area contributed by atoms with E-state index in [1.807, 2.05) is 0 Å². The Balaban J connectivity index is 1.92. The van der Waals surface area contributed by atoms with Gasteiger partial charge in [-0.1, -0.05) is 150 Å². The van der Waals surface area contributed by atoms with Gasteiger partial charge < -0.3 is 0 Å². The molecule has 0 bridgehead atoms. The fourth-order valence-electron chi connectivity index (χ4n) is 7.17. The largest absolute Gasteiger partial charge is 0.159 e. The van der Waals surface area contributed by atoms with Crippen molar-refractivity contribution in [1.82, 2.24) is 0 Å². The molecule has 43 heavy (non-hydrogen) atoms. The number of benzene rings is 4. The maximum absolute atomic E-state index is 2.65. The molecule has 0 saturated carbocycles. The summed E-state index contributed by atoms with van der Waals surface area (Å²) in [7, 11) is -2.65. The Kier molecular flexibility index (Phi) is 10.0. The Morgan fingerprint density at radius 1 is 0.465 bits per heavy atom. The predicted octanol–water partition coefficient (Wildman–Crippen LogP) is 8.64. The first-order valence-corrected chi connectivity index (χ1v) is 18.9. The van der Waals surface area contributed by atoms with Gasteiger partial charge in [0.25, 0.3) is 0 Å². The van der Waals surface area contributed by atoms with Gasteiger partial charge in [0.15, 0.2) is 8.07 Å². The monoisotopic (exact) mass is 582 g/mol. The summed E-state index contributed by atoms with van der Waals surface area (Å²) in [4.78, 5) is 0. The molecule has 1 heteroatoms. The second kappa shape index (κ2) is 13.9. The van der Waals surface area contributed by atoms with Crippen molar-refractivity contribution in [2.75, 3.05) is 0 Å². The van der Waals surface area contributed by atoms with E-state index in [1.165, 1.54) is 38.9 Å². The van der Waals surface area contributed by atoms with Gasteiger partial charge in [0.2, 0.25) is 0 Å². The lowest BCUT2D eigenvalue weighted by Crippen LogP contribution is -2.70. The first kappa shape index (κ1) is 31.0. The van der Waals surface area contributed by atoms with Crippen LogP contribution in [0.5, 0.6) is 0 Å². The zero-order valence-electron chi connectivity index (χ0n) is 27.3. The summed E-state index contributed by atoms with van der Waals surface area (Å²) in [5, 5.41) is 4.72. The molecule has 222 valence electrons. The van der Waals surface area contributed by atoms with Gasteiger partial charge in [0.05, 0.1) is 0 Å². The van der Waals surface area contributed by atoms with Gasteiger partial charge in [0, 0.05) is 5.54 Å². The molecule has 0 nitrogen and oxygen atoms in total. The molecule has 0 radical (unpaired) electrons. The molecular formula is C42H50Si. The molecule has 1 atom stereocenters. The molecule has 0 spiro atoms. The third kappa shape index (κ3) is 6.29. The maximum Gasteiger partial charge on any atom is 0.159 e. The topological polar surface area (TPSA) is 0 Å². The molecule has 5 rings (SSSR count). The quantitative estimate of drug-likeness (QED) is 0.116. The molecular weight excluding hydrogens is 533 g/mol. The van der Waals surface area contributed by atoms with E-state index in [0.717, 1.165) is 44.9 Å². The Labute approximate surface area is 262 Å². The van der Waals surface area contributed by atoms with Crippen molar-refractivity contribution in [2.24, 2.45) is 0 Å². The lowest BCUT2D eigenvalue weighted by molar-refractivity contribution is 1.05. The zero-order valence-corrected chi connectivity index (χ0v) is 28.3. The van der Waals surface area contributed by atoms with Gasteiger partial charge in [-0.2, -0.15) is 0 Å². The number of rotatable bonds is 12. The van der Waals surface area contributed by atoms with E-state index in [4.69, 9.17) is 0 Å². The number of hydrogen-bond donors (Lipinski definition) is 0. The van der Waals surface area contributed by atoms with E-state index in [1.54, 1.807) is 21.1 Å². The van der Waals surface area contributed by atoms with Crippen molar-refractivity contribution in [3.63, 3.8) is 0 Å². The summed E-state index contributed by atoms with van der Waals surface area (Å²) in [6.07, 6.45) is 14.7. The van der Waals surface area contributed by atoms with Gasteiger partial charge in [-0.3, -0.25) is 0 Å². The van der Waals surface area contributed by atoms with Crippen molar-refractivity contribution in [3.8, 4) is 0 Å². The van der Waals surface area contributed by atoms with Gasteiger partial charge in [-0.15, -0.1) is 0 Å². The minimum absolute atomic E-state index is 0.346. The normalized spacial score (nSPS) is 14.7. The highest BCUT2D eigenvalue weighted by atomic mass is 28.3. The minimum atomic E-state index is -2.65. The highest BCUT2D eigenvalue weighted by Crippen LogP contribution is 2.38. The summed E-state index contributed by atoms with van der Waals surface area (Å²) in [6, 6.07) is 34.1.